The zero-order chi connectivity index (χ0) is 20.3. The minimum Gasteiger partial charge on any atom is -0.493 e. The van der Waals surface area contributed by atoms with Crippen LogP contribution >= 0.6 is 0 Å². The number of hydrogen-bond donors (Lipinski definition) is 1. The van der Waals surface area contributed by atoms with Crippen LogP contribution in [0.2, 0.25) is 0 Å². The second-order valence-corrected chi connectivity index (χ2v) is 8.04. The molecule has 0 unspecified atom stereocenters. The number of carbonyl (C=O) groups excluding carboxylic acids is 1. The van der Waals surface area contributed by atoms with E-state index >= 15 is 0 Å². The first kappa shape index (κ1) is 23.1. The number of rotatable bonds is 11. The second kappa shape index (κ2) is 11.7. The monoisotopic (exact) mass is 379 g/mol. The molecular formula is C22H37NO4. The number of benzene rings is 1. The third kappa shape index (κ3) is 10.7. The molecule has 1 aromatic rings. The van der Waals surface area contributed by atoms with Crippen molar-refractivity contribution in [1.29, 1.82) is 0 Å². The molecule has 0 aromatic heterocycles. The normalized spacial score (nSPS) is 12.6. The van der Waals surface area contributed by atoms with Gasteiger partial charge in [0.2, 0.25) is 0 Å². The van der Waals surface area contributed by atoms with E-state index in [4.69, 9.17) is 14.2 Å². The number of ether oxygens (including phenoxy) is 3. The summed E-state index contributed by atoms with van der Waals surface area (Å²) in [5.74, 6) is 2.15. The van der Waals surface area contributed by atoms with Gasteiger partial charge in [-0.25, -0.2) is 4.79 Å². The van der Waals surface area contributed by atoms with E-state index in [0.717, 1.165) is 18.1 Å². The van der Waals surface area contributed by atoms with Crippen molar-refractivity contribution in [2.45, 2.75) is 78.9 Å². The van der Waals surface area contributed by atoms with Crippen LogP contribution in [0.15, 0.2) is 24.3 Å². The van der Waals surface area contributed by atoms with Crippen LogP contribution in [0.4, 0.5) is 4.79 Å². The van der Waals surface area contributed by atoms with Crippen LogP contribution in [0.1, 0.15) is 67.2 Å². The molecule has 0 aliphatic rings. The van der Waals surface area contributed by atoms with Gasteiger partial charge >= 0.3 is 6.09 Å². The van der Waals surface area contributed by atoms with Gasteiger partial charge in [-0.1, -0.05) is 32.8 Å². The lowest BCUT2D eigenvalue weighted by molar-refractivity contribution is 0.0505. The minimum atomic E-state index is -0.507. The number of carbonyl (C=O) groups is 1. The van der Waals surface area contributed by atoms with Gasteiger partial charge in [0.1, 0.15) is 23.2 Å². The smallest absolute Gasteiger partial charge is 0.407 e. The standard InChI is InChI=1S/C22H37NO4/c1-7-10-18(11-8-2)16-25-19-12-9-13-20(14-19)26-17(3)15-23-21(24)27-22(4,5)6/h9,12-14,17-18H,7-8,10-11,15-16H2,1-6H3,(H,23,24)/t17-/m0/s1. The molecular weight excluding hydrogens is 342 g/mol. The lowest BCUT2D eigenvalue weighted by atomic mass is 9.99. The summed E-state index contributed by atoms with van der Waals surface area (Å²) in [6.07, 6.45) is 4.13. The van der Waals surface area contributed by atoms with Gasteiger partial charge < -0.3 is 19.5 Å². The Morgan fingerprint density at radius 1 is 1.11 bits per heavy atom. The van der Waals surface area contributed by atoms with Gasteiger partial charge in [-0.2, -0.15) is 0 Å². The summed E-state index contributed by atoms with van der Waals surface area (Å²) in [6.45, 7) is 12.9. The predicted octanol–water partition coefficient (Wildman–Crippen LogP) is 5.57. The van der Waals surface area contributed by atoms with Crippen molar-refractivity contribution in [3.63, 3.8) is 0 Å². The molecule has 0 saturated carbocycles. The first-order chi connectivity index (χ1) is 12.7. The molecule has 5 nitrogen and oxygen atoms in total. The number of alkyl carbamates (subject to hydrolysis) is 1. The fraction of sp³-hybridized carbons (Fsp3) is 0.682. The Kier molecular flexibility index (Phi) is 10.0. The Bertz CT molecular complexity index is 547. The van der Waals surface area contributed by atoms with Gasteiger partial charge in [-0.15, -0.1) is 0 Å². The van der Waals surface area contributed by atoms with Crippen molar-refractivity contribution >= 4 is 6.09 Å². The molecule has 0 radical (unpaired) electrons. The van der Waals surface area contributed by atoms with E-state index in [1.54, 1.807) is 0 Å². The summed E-state index contributed by atoms with van der Waals surface area (Å²) >= 11 is 0. The average molecular weight is 380 g/mol. The van der Waals surface area contributed by atoms with Crippen LogP contribution in [0.25, 0.3) is 0 Å². The molecule has 0 spiro atoms. The summed E-state index contributed by atoms with van der Waals surface area (Å²) < 4.78 is 17.1. The molecule has 1 rings (SSSR count). The molecule has 0 saturated heterocycles. The van der Waals surface area contributed by atoms with Crippen molar-refractivity contribution in [2.75, 3.05) is 13.2 Å². The molecule has 0 fully saturated rings. The Morgan fingerprint density at radius 2 is 1.74 bits per heavy atom. The van der Waals surface area contributed by atoms with Crippen LogP contribution < -0.4 is 14.8 Å². The summed E-state index contributed by atoms with van der Waals surface area (Å²) in [5.41, 5.74) is -0.507. The van der Waals surface area contributed by atoms with E-state index in [0.29, 0.717) is 12.5 Å². The Balaban J connectivity index is 2.47. The van der Waals surface area contributed by atoms with E-state index in [1.165, 1.54) is 25.7 Å². The van der Waals surface area contributed by atoms with Crippen molar-refractivity contribution in [1.82, 2.24) is 5.32 Å². The Labute approximate surface area is 164 Å². The fourth-order valence-electron chi connectivity index (χ4n) is 2.79. The largest absolute Gasteiger partial charge is 0.493 e. The first-order valence-corrected chi connectivity index (χ1v) is 10.1. The summed E-state index contributed by atoms with van der Waals surface area (Å²) in [5, 5.41) is 2.72. The molecule has 1 N–H and O–H groups in total. The zero-order valence-electron chi connectivity index (χ0n) is 17.8. The SMILES string of the molecule is CCCC(CCC)COc1cccc(O[C@@H](C)CNC(=O)OC(C)(C)C)c1. The highest BCUT2D eigenvalue weighted by Crippen LogP contribution is 2.22. The van der Waals surface area contributed by atoms with E-state index in [9.17, 15) is 4.79 Å². The van der Waals surface area contributed by atoms with Crippen LogP contribution in [0.5, 0.6) is 11.5 Å². The number of amides is 1. The minimum absolute atomic E-state index is 0.180. The third-order valence-electron chi connectivity index (χ3n) is 3.96. The van der Waals surface area contributed by atoms with Gasteiger partial charge in [0.25, 0.3) is 0 Å². The molecule has 5 heteroatoms. The molecule has 0 aliphatic heterocycles. The first-order valence-electron chi connectivity index (χ1n) is 10.1. The molecule has 1 aromatic carbocycles. The van der Waals surface area contributed by atoms with Crippen LogP contribution in [-0.2, 0) is 4.74 Å². The maximum atomic E-state index is 11.7. The van der Waals surface area contributed by atoms with Crippen molar-refractivity contribution in [3.05, 3.63) is 24.3 Å². The van der Waals surface area contributed by atoms with Gasteiger partial charge in [0, 0.05) is 6.07 Å². The Hall–Kier alpha value is -1.91. The van der Waals surface area contributed by atoms with E-state index in [2.05, 4.69) is 19.2 Å². The van der Waals surface area contributed by atoms with E-state index in [1.807, 2.05) is 52.0 Å². The highest BCUT2D eigenvalue weighted by Gasteiger charge is 2.17. The number of nitrogens with one attached hydrogen (secondary N) is 1. The maximum absolute atomic E-state index is 11.7. The highest BCUT2D eigenvalue weighted by atomic mass is 16.6. The lowest BCUT2D eigenvalue weighted by Gasteiger charge is -2.21. The van der Waals surface area contributed by atoms with E-state index in [-0.39, 0.29) is 6.10 Å². The lowest BCUT2D eigenvalue weighted by Crippen LogP contribution is -2.37. The molecule has 0 bridgehead atoms. The summed E-state index contributed by atoms with van der Waals surface area (Å²) in [7, 11) is 0. The molecule has 1 amide bonds. The van der Waals surface area contributed by atoms with Gasteiger partial charge in [-0.05, 0) is 58.6 Å². The molecule has 1 atom stereocenters. The quantitative estimate of drug-likeness (QED) is 0.546. The van der Waals surface area contributed by atoms with Crippen molar-refractivity contribution in [3.8, 4) is 11.5 Å². The van der Waals surface area contributed by atoms with Gasteiger partial charge in [-0.3, -0.25) is 0 Å². The summed E-state index contributed by atoms with van der Waals surface area (Å²) in [6, 6.07) is 7.67. The Morgan fingerprint density at radius 3 is 2.33 bits per heavy atom. The maximum Gasteiger partial charge on any atom is 0.407 e. The van der Waals surface area contributed by atoms with E-state index < -0.39 is 11.7 Å². The number of hydrogen-bond acceptors (Lipinski definition) is 4. The van der Waals surface area contributed by atoms with Crippen LogP contribution in [-0.4, -0.2) is 30.9 Å². The van der Waals surface area contributed by atoms with Crippen molar-refractivity contribution < 1.29 is 19.0 Å². The zero-order valence-corrected chi connectivity index (χ0v) is 17.8. The molecule has 27 heavy (non-hydrogen) atoms. The van der Waals surface area contributed by atoms with Crippen molar-refractivity contribution in [2.24, 2.45) is 5.92 Å². The van der Waals surface area contributed by atoms with Crippen LogP contribution in [0, 0.1) is 5.92 Å². The second-order valence-electron chi connectivity index (χ2n) is 8.04. The topological polar surface area (TPSA) is 56.8 Å². The molecule has 0 aliphatic carbocycles. The molecule has 0 heterocycles. The average Bonchev–Trinajstić information content (AvgIpc) is 2.57. The highest BCUT2D eigenvalue weighted by molar-refractivity contribution is 5.67. The molecule has 154 valence electrons. The fourth-order valence-corrected chi connectivity index (χ4v) is 2.79. The van der Waals surface area contributed by atoms with Crippen LogP contribution in [0.3, 0.4) is 0 Å². The van der Waals surface area contributed by atoms with Gasteiger partial charge in [0.05, 0.1) is 13.2 Å². The van der Waals surface area contributed by atoms with Gasteiger partial charge in [0.15, 0.2) is 0 Å². The third-order valence-corrected chi connectivity index (χ3v) is 3.96. The summed E-state index contributed by atoms with van der Waals surface area (Å²) in [4.78, 5) is 11.7. The predicted molar refractivity (Wildman–Crippen MR) is 110 cm³/mol.